The highest BCUT2D eigenvalue weighted by atomic mass is 32.2. The van der Waals surface area contributed by atoms with Gasteiger partial charge in [0, 0.05) is 12.3 Å². The van der Waals surface area contributed by atoms with Gasteiger partial charge in [0.15, 0.2) is 0 Å². The standard InChI is InChI=1S/C11H13F3N2OS/c12-11(13,14)18-7-6-16-10(17)9(15)8-4-2-1-3-5-8/h1-5,9H,6-7,15H2,(H,16,17)/t9-/m0/s1. The second-order valence-corrected chi connectivity index (χ2v) is 4.63. The summed E-state index contributed by atoms with van der Waals surface area (Å²) in [5.74, 6) is -0.708. The molecule has 0 aromatic heterocycles. The molecule has 0 heterocycles. The van der Waals surface area contributed by atoms with Gasteiger partial charge in [0.2, 0.25) is 5.91 Å². The summed E-state index contributed by atoms with van der Waals surface area (Å²) in [6, 6.07) is 7.78. The highest BCUT2D eigenvalue weighted by Gasteiger charge is 2.27. The fourth-order valence-electron chi connectivity index (χ4n) is 1.26. The van der Waals surface area contributed by atoms with Gasteiger partial charge in [-0.25, -0.2) is 0 Å². The Morgan fingerprint density at radius 2 is 1.94 bits per heavy atom. The predicted octanol–water partition coefficient (Wildman–Crippen LogP) is 2.06. The van der Waals surface area contributed by atoms with E-state index in [2.05, 4.69) is 5.32 Å². The first kappa shape index (κ1) is 14.8. The van der Waals surface area contributed by atoms with Gasteiger partial charge in [0.1, 0.15) is 6.04 Å². The molecule has 100 valence electrons. The molecule has 0 saturated heterocycles. The topological polar surface area (TPSA) is 55.1 Å². The van der Waals surface area contributed by atoms with Crippen molar-refractivity contribution >= 4 is 17.7 Å². The molecule has 7 heteroatoms. The van der Waals surface area contributed by atoms with Crippen molar-refractivity contribution in [2.24, 2.45) is 5.73 Å². The zero-order chi connectivity index (χ0) is 13.6. The lowest BCUT2D eigenvalue weighted by atomic mass is 10.1. The Kier molecular flexibility index (Phi) is 5.49. The molecule has 0 spiro atoms. The van der Waals surface area contributed by atoms with Gasteiger partial charge in [-0.05, 0) is 17.3 Å². The van der Waals surface area contributed by atoms with Crippen LogP contribution >= 0.6 is 11.8 Å². The van der Waals surface area contributed by atoms with Crippen LogP contribution in [0.25, 0.3) is 0 Å². The lowest BCUT2D eigenvalue weighted by Crippen LogP contribution is -2.35. The van der Waals surface area contributed by atoms with E-state index in [1.54, 1.807) is 30.3 Å². The van der Waals surface area contributed by atoms with Crippen LogP contribution < -0.4 is 11.1 Å². The average molecular weight is 278 g/mol. The summed E-state index contributed by atoms with van der Waals surface area (Å²) in [7, 11) is 0. The van der Waals surface area contributed by atoms with Gasteiger partial charge < -0.3 is 11.1 Å². The molecular weight excluding hydrogens is 265 g/mol. The second-order valence-electron chi connectivity index (χ2n) is 3.47. The average Bonchev–Trinajstić information content (AvgIpc) is 2.33. The quantitative estimate of drug-likeness (QED) is 0.811. The van der Waals surface area contributed by atoms with Crippen molar-refractivity contribution in [2.75, 3.05) is 12.3 Å². The van der Waals surface area contributed by atoms with Crippen molar-refractivity contribution in [2.45, 2.75) is 11.6 Å². The van der Waals surface area contributed by atoms with E-state index in [0.29, 0.717) is 5.56 Å². The van der Waals surface area contributed by atoms with Crippen LogP contribution in [0.3, 0.4) is 0 Å². The van der Waals surface area contributed by atoms with Crippen molar-refractivity contribution in [3.05, 3.63) is 35.9 Å². The van der Waals surface area contributed by atoms with Crippen LogP contribution in [0.2, 0.25) is 0 Å². The van der Waals surface area contributed by atoms with E-state index in [1.807, 2.05) is 0 Å². The smallest absolute Gasteiger partial charge is 0.354 e. The number of hydrogen-bond donors (Lipinski definition) is 2. The third-order valence-electron chi connectivity index (χ3n) is 2.11. The number of rotatable bonds is 5. The van der Waals surface area contributed by atoms with Crippen molar-refractivity contribution in [3.63, 3.8) is 0 Å². The Balaban J connectivity index is 2.33. The minimum atomic E-state index is -4.27. The van der Waals surface area contributed by atoms with Crippen LogP contribution in [0, 0.1) is 0 Å². The number of benzene rings is 1. The van der Waals surface area contributed by atoms with Crippen molar-refractivity contribution in [1.29, 1.82) is 0 Å². The zero-order valence-electron chi connectivity index (χ0n) is 9.41. The van der Waals surface area contributed by atoms with Crippen molar-refractivity contribution < 1.29 is 18.0 Å². The normalized spacial score (nSPS) is 13.1. The molecule has 0 fully saturated rings. The maximum absolute atomic E-state index is 11.8. The highest BCUT2D eigenvalue weighted by Crippen LogP contribution is 2.29. The monoisotopic (exact) mass is 278 g/mol. The fraction of sp³-hybridized carbons (Fsp3) is 0.364. The first-order chi connectivity index (χ1) is 8.40. The van der Waals surface area contributed by atoms with Crippen molar-refractivity contribution in [3.8, 4) is 0 Å². The summed E-state index contributed by atoms with van der Waals surface area (Å²) in [6.07, 6.45) is 0. The molecule has 0 radical (unpaired) electrons. The van der Waals surface area contributed by atoms with Gasteiger partial charge in [0.05, 0.1) is 0 Å². The summed E-state index contributed by atoms with van der Waals surface area (Å²) < 4.78 is 35.5. The first-order valence-corrected chi connectivity index (χ1v) is 6.17. The maximum atomic E-state index is 11.8. The SMILES string of the molecule is N[C@H](C(=O)NCCSC(F)(F)F)c1ccccc1. The zero-order valence-corrected chi connectivity index (χ0v) is 10.2. The maximum Gasteiger partial charge on any atom is 0.441 e. The predicted molar refractivity (Wildman–Crippen MR) is 64.9 cm³/mol. The van der Waals surface area contributed by atoms with E-state index < -0.39 is 17.5 Å². The highest BCUT2D eigenvalue weighted by molar-refractivity contribution is 8.00. The molecule has 1 rings (SSSR count). The lowest BCUT2D eigenvalue weighted by molar-refractivity contribution is -0.122. The molecule has 1 aromatic rings. The molecule has 0 bridgehead atoms. The minimum Gasteiger partial charge on any atom is -0.354 e. The molecule has 0 unspecified atom stereocenters. The molecule has 0 saturated carbocycles. The third-order valence-corrected chi connectivity index (χ3v) is 2.84. The molecule has 0 aliphatic carbocycles. The first-order valence-electron chi connectivity index (χ1n) is 5.19. The van der Waals surface area contributed by atoms with E-state index >= 15 is 0 Å². The van der Waals surface area contributed by atoms with Crippen LogP contribution in [-0.2, 0) is 4.79 Å². The molecule has 3 N–H and O–H groups in total. The largest absolute Gasteiger partial charge is 0.441 e. The number of nitrogens with one attached hydrogen (secondary N) is 1. The third kappa shape index (κ3) is 5.42. The van der Waals surface area contributed by atoms with Gasteiger partial charge >= 0.3 is 5.51 Å². The van der Waals surface area contributed by atoms with E-state index in [-0.39, 0.29) is 24.1 Å². The Bertz CT molecular complexity index is 384. The van der Waals surface area contributed by atoms with Crippen LogP contribution in [-0.4, -0.2) is 23.7 Å². The van der Waals surface area contributed by atoms with Gasteiger partial charge in [0.25, 0.3) is 0 Å². The number of thioether (sulfide) groups is 1. The fourth-order valence-corrected chi connectivity index (χ4v) is 1.70. The Labute approximate surface area is 107 Å². The van der Waals surface area contributed by atoms with Crippen LogP contribution in [0.4, 0.5) is 13.2 Å². The summed E-state index contributed by atoms with van der Waals surface area (Å²) in [5.41, 5.74) is 2.02. The molecular formula is C11H13F3N2OS. The number of nitrogens with two attached hydrogens (primary N) is 1. The van der Waals surface area contributed by atoms with Gasteiger partial charge in [-0.1, -0.05) is 30.3 Å². The lowest BCUT2D eigenvalue weighted by Gasteiger charge is -2.12. The molecule has 0 aliphatic rings. The molecule has 0 aliphatic heterocycles. The Hall–Kier alpha value is -1.21. The molecule has 3 nitrogen and oxygen atoms in total. The second kappa shape index (κ2) is 6.65. The summed E-state index contributed by atoms with van der Waals surface area (Å²) in [4.78, 5) is 11.5. The van der Waals surface area contributed by atoms with Gasteiger partial charge in [-0.2, -0.15) is 13.2 Å². The number of alkyl halides is 3. The van der Waals surface area contributed by atoms with Crippen LogP contribution in [0.1, 0.15) is 11.6 Å². The van der Waals surface area contributed by atoms with Crippen LogP contribution in [0.5, 0.6) is 0 Å². The van der Waals surface area contributed by atoms with Crippen molar-refractivity contribution in [1.82, 2.24) is 5.32 Å². The van der Waals surface area contributed by atoms with Crippen LogP contribution in [0.15, 0.2) is 30.3 Å². The molecule has 18 heavy (non-hydrogen) atoms. The summed E-state index contributed by atoms with van der Waals surface area (Å²) >= 11 is -0.172. The van der Waals surface area contributed by atoms with Gasteiger partial charge in [-0.15, -0.1) is 0 Å². The molecule has 1 atom stereocenters. The van der Waals surface area contributed by atoms with E-state index in [1.165, 1.54) is 0 Å². The number of amides is 1. The van der Waals surface area contributed by atoms with Gasteiger partial charge in [-0.3, -0.25) is 4.79 Å². The number of carbonyl (C=O) groups is 1. The Morgan fingerprint density at radius 3 is 2.50 bits per heavy atom. The number of halogens is 3. The van der Waals surface area contributed by atoms with E-state index in [9.17, 15) is 18.0 Å². The minimum absolute atomic E-state index is 0.0659. The Morgan fingerprint density at radius 1 is 1.33 bits per heavy atom. The summed E-state index contributed by atoms with van der Waals surface area (Å²) in [5, 5.41) is 2.37. The summed E-state index contributed by atoms with van der Waals surface area (Å²) in [6.45, 7) is -0.0659. The number of hydrogen-bond acceptors (Lipinski definition) is 3. The molecule has 1 amide bonds. The van der Waals surface area contributed by atoms with E-state index in [4.69, 9.17) is 5.73 Å². The van der Waals surface area contributed by atoms with E-state index in [0.717, 1.165) is 0 Å². The molecule has 1 aromatic carbocycles. The number of carbonyl (C=O) groups excluding carboxylic acids is 1.